The molecule has 2 aromatic rings. The van der Waals surface area contributed by atoms with E-state index < -0.39 is 74.2 Å². The van der Waals surface area contributed by atoms with E-state index in [-0.39, 0.29) is 37.2 Å². The number of carbonyl (C=O) groups is 2. The van der Waals surface area contributed by atoms with Crippen LogP contribution in [0.15, 0.2) is 47.4 Å². The second kappa shape index (κ2) is 10.6. The molecule has 0 bridgehead atoms. The quantitative estimate of drug-likeness (QED) is 0.351. The Morgan fingerprint density at radius 3 is 2.26 bits per heavy atom. The van der Waals surface area contributed by atoms with E-state index in [9.17, 15) is 53.8 Å². The minimum atomic E-state index is -6.15. The number of hydrogen-bond donors (Lipinski definition) is 4. The second-order valence-electron chi connectivity index (χ2n) is 10.3. The van der Waals surface area contributed by atoms with Gasteiger partial charge in [-0.15, -0.1) is 0 Å². The molecule has 230 valence electrons. The van der Waals surface area contributed by atoms with Crippen LogP contribution >= 0.6 is 0 Å². The number of anilines is 1. The third kappa shape index (κ3) is 5.71. The maximum Gasteiger partial charge on any atom is 0.430 e. The fourth-order valence-corrected chi connectivity index (χ4v) is 6.62. The van der Waals surface area contributed by atoms with E-state index in [0.29, 0.717) is 22.5 Å². The number of aliphatic hydroxyl groups is 1. The van der Waals surface area contributed by atoms with Crippen LogP contribution in [0.1, 0.15) is 30.9 Å². The Labute approximate surface area is 235 Å². The van der Waals surface area contributed by atoms with Gasteiger partial charge >= 0.3 is 18.4 Å². The van der Waals surface area contributed by atoms with Crippen LogP contribution < -0.4 is 20.3 Å². The molecule has 0 radical (unpaired) electrons. The van der Waals surface area contributed by atoms with E-state index in [1.54, 1.807) is 6.92 Å². The summed E-state index contributed by atoms with van der Waals surface area (Å²) in [5, 5.41) is 17.6. The number of urea groups is 1. The number of amides is 3. The fourth-order valence-electron chi connectivity index (χ4n) is 4.91. The Morgan fingerprint density at radius 1 is 1.10 bits per heavy atom. The SMILES string of the molecule is CC1(CNC(=O)C[C@@H]2CCc3cc(C(O)(C(F)(F)F)C(F)(F)F)ccc3N2S(=O)(=O)c2ccc(F)cc2)CNC(=O)N1. The molecule has 17 heteroatoms. The first kappa shape index (κ1) is 31.3. The van der Waals surface area contributed by atoms with Gasteiger partial charge < -0.3 is 21.1 Å². The highest BCUT2D eigenvalue weighted by Gasteiger charge is 2.71. The van der Waals surface area contributed by atoms with Crippen LogP contribution in [0.5, 0.6) is 0 Å². The fraction of sp³-hybridized carbons (Fsp3) is 0.440. The zero-order chi connectivity index (χ0) is 31.3. The van der Waals surface area contributed by atoms with Gasteiger partial charge in [0.15, 0.2) is 0 Å². The zero-order valence-electron chi connectivity index (χ0n) is 21.7. The van der Waals surface area contributed by atoms with Crippen molar-refractivity contribution in [2.45, 2.75) is 60.6 Å². The van der Waals surface area contributed by atoms with Gasteiger partial charge in [-0.3, -0.25) is 9.10 Å². The number of aryl methyl sites for hydroxylation is 1. The van der Waals surface area contributed by atoms with Crippen molar-refractivity contribution in [3.63, 3.8) is 0 Å². The summed E-state index contributed by atoms with van der Waals surface area (Å²) < 4.78 is 123. The maximum atomic E-state index is 13.7. The third-order valence-corrected chi connectivity index (χ3v) is 9.04. The first-order chi connectivity index (χ1) is 19.3. The number of sulfonamides is 1. The van der Waals surface area contributed by atoms with Crippen molar-refractivity contribution in [1.82, 2.24) is 16.0 Å². The number of nitrogens with one attached hydrogen (secondary N) is 3. The molecule has 0 aliphatic carbocycles. The predicted octanol–water partition coefficient (Wildman–Crippen LogP) is 3.23. The topological polar surface area (TPSA) is 128 Å². The van der Waals surface area contributed by atoms with E-state index in [1.165, 1.54) is 0 Å². The molecule has 1 saturated heterocycles. The van der Waals surface area contributed by atoms with Crippen molar-refractivity contribution in [2.24, 2.45) is 0 Å². The van der Waals surface area contributed by atoms with Crippen molar-refractivity contribution < 1.29 is 53.8 Å². The van der Waals surface area contributed by atoms with Gasteiger partial charge in [-0.1, -0.05) is 12.1 Å². The molecule has 4 N–H and O–H groups in total. The lowest BCUT2D eigenvalue weighted by Gasteiger charge is -2.39. The lowest BCUT2D eigenvalue weighted by atomic mass is 9.87. The molecule has 2 aliphatic heterocycles. The summed E-state index contributed by atoms with van der Waals surface area (Å²) in [5.41, 5.74) is -8.19. The zero-order valence-corrected chi connectivity index (χ0v) is 22.6. The number of halogens is 7. The maximum absolute atomic E-state index is 13.7. The summed E-state index contributed by atoms with van der Waals surface area (Å²) in [5.74, 6) is -1.42. The molecular formula is C25H25F7N4O5S. The van der Waals surface area contributed by atoms with Gasteiger partial charge in [0.25, 0.3) is 15.6 Å². The van der Waals surface area contributed by atoms with Crippen LogP contribution in [0.25, 0.3) is 0 Å². The normalized spacial score (nSPS) is 21.4. The number of benzene rings is 2. The van der Waals surface area contributed by atoms with E-state index in [0.717, 1.165) is 24.3 Å². The molecule has 2 aromatic carbocycles. The van der Waals surface area contributed by atoms with Crippen molar-refractivity contribution in [3.05, 3.63) is 59.4 Å². The van der Waals surface area contributed by atoms with Gasteiger partial charge in [-0.2, -0.15) is 26.3 Å². The largest absolute Gasteiger partial charge is 0.430 e. The predicted molar refractivity (Wildman–Crippen MR) is 133 cm³/mol. The molecule has 0 aromatic heterocycles. The Bertz CT molecular complexity index is 1470. The lowest BCUT2D eigenvalue weighted by molar-refractivity contribution is -0.376. The van der Waals surface area contributed by atoms with Gasteiger partial charge in [0, 0.05) is 25.1 Å². The van der Waals surface area contributed by atoms with Gasteiger partial charge in [0.1, 0.15) is 5.82 Å². The number of alkyl halides is 6. The molecule has 3 amide bonds. The summed E-state index contributed by atoms with van der Waals surface area (Å²) in [6, 6.07) is 3.42. The van der Waals surface area contributed by atoms with Crippen LogP contribution in [-0.4, -0.2) is 62.5 Å². The van der Waals surface area contributed by atoms with Crippen molar-refractivity contribution in [3.8, 4) is 0 Å². The van der Waals surface area contributed by atoms with Gasteiger partial charge in [0.05, 0.1) is 22.2 Å². The summed E-state index contributed by atoms with van der Waals surface area (Å²) in [4.78, 5) is 23.9. The summed E-state index contributed by atoms with van der Waals surface area (Å²) in [6.45, 7) is 1.81. The van der Waals surface area contributed by atoms with Gasteiger partial charge in [-0.25, -0.2) is 17.6 Å². The van der Waals surface area contributed by atoms with E-state index in [4.69, 9.17) is 0 Å². The highest BCUT2D eigenvalue weighted by molar-refractivity contribution is 7.92. The standard InChI is InChI=1S/C25H25F7N4O5S/c1-22(13-34-21(38)35-22)12-33-20(37)11-17-6-2-14-10-15(23(39,24(27,28)29)25(30,31)32)3-9-19(14)36(17)42(40,41)18-7-4-16(26)5-8-18/h3-5,7-10,17,39H,2,6,11-13H2,1H3,(H,33,37)(H2,34,35,38)/t17-,22?/m0/s1. The van der Waals surface area contributed by atoms with Crippen LogP contribution in [0.2, 0.25) is 0 Å². The second-order valence-corrected chi connectivity index (χ2v) is 12.2. The van der Waals surface area contributed by atoms with E-state index >= 15 is 0 Å². The Morgan fingerprint density at radius 2 is 1.71 bits per heavy atom. The van der Waals surface area contributed by atoms with Crippen molar-refractivity contribution >= 4 is 27.6 Å². The first-order valence-corrected chi connectivity index (χ1v) is 13.8. The van der Waals surface area contributed by atoms with Crippen LogP contribution in [-0.2, 0) is 26.8 Å². The molecule has 1 unspecified atom stereocenters. The van der Waals surface area contributed by atoms with E-state index in [2.05, 4.69) is 16.0 Å². The number of fused-ring (bicyclic) bond motifs is 1. The summed E-state index contributed by atoms with van der Waals surface area (Å²) in [7, 11) is -4.63. The minimum Gasteiger partial charge on any atom is -0.369 e. The highest BCUT2D eigenvalue weighted by atomic mass is 32.2. The Balaban J connectivity index is 1.72. The molecule has 2 heterocycles. The monoisotopic (exact) mass is 626 g/mol. The molecule has 2 atom stereocenters. The molecule has 9 nitrogen and oxygen atoms in total. The van der Waals surface area contributed by atoms with Crippen molar-refractivity contribution in [1.29, 1.82) is 0 Å². The smallest absolute Gasteiger partial charge is 0.369 e. The number of nitrogens with zero attached hydrogens (tertiary/aromatic N) is 1. The molecule has 1 fully saturated rings. The molecule has 2 aliphatic rings. The average molecular weight is 627 g/mol. The summed E-state index contributed by atoms with van der Waals surface area (Å²) in [6.07, 6.45) is -13.2. The lowest BCUT2D eigenvalue weighted by Crippen LogP contribution is -2.54. The minimum absolute atomic E-state index is 0.0323. The Kier molecular flexibility index (Phi) is 7.90. The number of carbonyl (C=O) groups excluding carboxylic acids is 2. The molecule has 0 spiro atoms. The molecule has 0 saturated carbocycles. The number of rotatable bonds is 7. The molecule has 42 heavy (non-hydrogen) atoms. The molecular weight excluding hydrogens is 601 g/mol. The van der Waals surface area contributed by atoms with Crippen LogP contribution in [0.4, 0.5) is 41.2 Å². The first-order valence-electron chi connectivity index (χ1n) is 12.4. The third-order valence-electron chi connectivity index (χ3n) is 7.16. The van der Waals surface area contributed by atoms with Crippen molar-refractivity contribution in [2.75, 3.05) is 17.4 Å². The molecule has 4 rings (SSSR count). The average Bonchev–Trinajstić information content (AvgIpc) is 3.23. The van der Waals surface area contributed by atoms with Crippen LogP contribution in [0, 0.1) is 5.82 Å². The van der Waals surface area contributed by atoms with Gasteiger partial charge in [-0.05, 0) is 55.7 Å². The highest BCUT2D eigenvalue weighted by Crippen LogP contribution is 2.51. The van der Waals surface area contributed by atoms with Gasteiger partial charge in [0.2, 0.25) is 5.91 Å². The van der Waals surface area contributed by atoms with E-state index in [1.807, 2.05) is 0 Å². The summed E-state index contributed by atoms with van der Waals surface area (Å²) >= 11 is 0. The van der Waals surface area contributed by atoms with Crippen LogP contribution in [0.3, 0.4) is 0 Å². The number of hydrogen-bond acceptors (Lipinski definition) is 5. The Hall–Kier alpha value is -3.60.